The quantitative estimate of drug-likeness (QED) is 0.0778. The zero-order chi connectivity index (χ0) is 66.0. The van der Waals surface area contributed by atoms with Crippen molar-refractivity contribution in [1.29, 1.82) is 0 Å². The molecule has 478 valence electrons. The Labute approximate surface area is 532 Å². The van der Waals surface area contributed by atoms with E-state index in [1.54, 1.807) is 136 Å². The Morgan fingerprint density at radius 3 is 1.24 bits per heavy atom. The van der Waals surface area contributed by atoms with E-state index in [0.717, 1.165) is 0 Å². The van der Waals surface area contributed by atoms with E-state index in [-0.39, 0.29) is 61.9 Å². The molecule has 3 unspecified atom stereocenters. The van der Waals surface area contributed by atoms with Gasteiger partial charge in [0.2, 0.25) is 35.3 Å². The lowest BCUT2D eigenvalue weighted by Crippen LogP contribution is -2.50. The first-order valence-electron chi connectivity index (χ1n) is 29.2. The molecule has 0 bridgehead atoms. The van der Waals surface area contributed by atoms with Crippen molar-refractivity contribution in [2.45, 2.75) is 62.8 Å². The average molecular weight is 1280 g/mol. The van der Waals surface area contributed by atoms with Gasteiger partial charge in [0, 0.05) is 60.3 Å². The van der Waals surface area contributed by atoms with Crippen LogP contribution in [0.1, 0.15) is 57.2 Å². The molecular weight excluding hydrogens is 1230 g/mol. The molecule has 34 nitrogen and oxygen atoms in total. The number of furan rings is 3. The number of fused-ring (bicyclic) bond motifs is 9. The maximum Gasteiger partial charge on any atom is 0.338 e. The Bertz CT molecular complexity index is 5340. The van der Waals surface area contributed by atoms with E-state index in [0.29, 0.717) is 95.8 Å². The molecule has 1 fully saturated rings. The van der Waals surface area contributed by atoms with Gasteiger partial charge < -0.3 is 50.1 Å². The standard InChI is InChI=1S/C23H22N8O4.C20H18N8O3.C18H14N8O3/c1-22(14-4-2-8-25-10-14,17(32)6-7-23(33)12-34-13-23)31-20-15(11-26-31)19-27-18(16-5-3-9-35-16)29-30(19)21(24)28-20;1-3-30-18(29)20(2,12-6-4-8-22-10-12)28-17-13(11-23-28)16-24-15(14-7-5-9-31-14)26-27(16)19(21)25-17;1-18(16(27)28,10-4-2-6-20-8-10)26-15-11(9-21-26)14-22-13(12-5-3-7-29-12)24-25(14)17(19)23-15/h2-5,8-11,33H,6-7,12-13H2,1H3,(H2,24,28);4-11H,3H2,1-2H3,(H2,21,25);2-9H,1H3,(H2,19,23)(H,27,28). The van der Waals surface area contributed by atoms with Crippen LogP contribution in [0.4, 0.5) is 17.8 Å². The van der Waals surface area contributed by atoms with Crippen molar-refractivity contribution in [2.75, 3.05) is 37.0 Å². The summed E-state index contributed by atoms with van der Waals surface area (Å²) in [5.74, 6) is 0.943. The van der Waals surface area contributed by atoms with E-state index in [9.17, 15) is 24.6 Å². The minimum atomic E-state index is -1.56. The van der Waals surface area contributed by atoms with Crippen molar-refractivity contribution < 1.29 is 47.3 Å². The summed E-state index contributed by atoms with van der Waals surface area (Å²) in [6.07, 6.45) is 19.2. The third-order valence-electron chi connectivity index (χ3n) is 16.4. The summed E-state index contributed by atoms with van der Waals surface area (Å²) in [6.45, 7) is 7.39. The molecule has 3 atom stereocenters. The first-order chi connectivity index (χ1) is 45.9. The lowest BCUT2D eigenvalue weighted by atomic mass is 9.83. The zero-order valence-electron chi connectivity index (χ0n) is 50.7. The van der Waals surface area contributed by atoms with Gasteiger partial charge in [-0.1, -0.05) is 18.2 Å². The number of esters is 1. The highest BCUT2D eigenvalue weighted by Crippen LogP contribution is 2.37. The van der Waals surface area contributed by atoms with Crippen LogP contribution in [0.3, 0.4) is 0 Å². The van der Waals surface area contributed by atoms with Crippen molar-refractivity contribution >= 4 is 85.6 Å². The second-order valence-electron chi connectivity index (χ2n) is 22.3. The van der Waals surface area contributed by atoms with Gasteiger partial charge in [-0.15, -0.1) is 15.3 Å². The maximum atomic E-state index is 13.8. The monoisotopic (exact) mass is 1280 g/mol. The number of carboxylic acids is 1. The minimum absolute atomic E-state index is 0.0403. The number of nitrogens with zero attached hydrogens (tertiary/aromatic N) is 21. The number of rotatable bonds is 16. The first-order valence-corrected chi connectivity index (χ1v) is 29.2. The van der Waals surface area contributed by atoms with Crippen LogP contribution in [-0.2, 0) is 40.5 Å². The van der Waals surface area contributed by atoms with Crippen molar-refractivity contribution in [2.24, 2.45) is 0 Å². The number of aromatic nitrogens is 21. The molecule has 16 rings (SSSR count). The number of aliphatic hydroxyl groups is 1. The summed E-state index contributed by atoms with van der Waals surface area (Å²) in [6, 6.07) is 20.9. The molecule has 34 heteroatoms. The summed E-state index contributed by atoms with van der Waals surface area (Å²) in [4.78, 5) is 78.5. The number of carbonyl (C=O) groups is 3. The summed E-state index contributed by atoms with van der Waals surface area (Å²) < 4.78 is 35.2. The fourth-order valence-electron chi connectivity index (χ4n) is 11.1. The van der Waals surface area contributed by atoms with Crippen molar-refractivity contribution in [3.05, 3.63) is 164 Å². The Morgan fingerprint density at radius 1 is 0.526 bits per heavy atom. The van der Waals surface area contributed by atoms with Gasteiger partial charge in [-0.05, 0) is 88.7 Å². The zero-order valence-corrected chi connectivity index (χ0v) is 50.7. The number of ketones is 1. The van der Waals surface area contributed by atoms with Crippen molar-refractivity contribution in [3.63, 3.8) is 0 Å². The SMILES string of the molecule is CC(C(=O)CCC1(O)COC1)(c1cccnc1)n1ncc2c1nc(N)n1nc(-c3ccco3)nc21.CC(C(=O)O)(c1cccnc1)n1ncc2c1nc(N)n1nc(-c3ccco3)nc21.CCOC(=O)C(C)(c1cccnc1)n1ncc2c1nc(N)n1nc(-c3ccco3)nc21. The molecule has 0 aliphatic carbocycles. The normalized spacial score (nSPS) is 14.8. The number of aliphatic carboxylic acids is 1. The molecule has 0 aromatic carbocycles. The summed E-state index contributed by atoms with van der Waals surface area (Å²) >= 11 is 0. The van der Waals surface area contributed by atoms with Crippen LogP contribution in [0.25, 0.3) is 84.8 Å². The summed E-state index contributed by atoms with van der Waals surface area (Å²) in [5.41, 5.74) is 17.3. The largest absolute Gasteiger partial charge is 0.479 e. The number of hydrogen-bond acceptors (Lipinski definition) is 27. The van der Waals surface area contributed by atoms with Crippen molar-refractivity contribution in [3.8, 4) is 34.8 Å². The van der Waals surface area contributed by atoms with Crippen LogP contribution in [0.5, 0.6) is 0 Å². The van der Waals surface area contributed by atoms with Gasteiger partial charge in [0.05, 0.1) is 73.4 Å². The van der Waals surface area contributed by atoms with Gasteiger partial charge in [-0.2, -0.15) is 43.8 Å². The van der Waals surface area contributed by atoms with E-state index in [4.69, 9.17) is 39.9 Å². The van der Waals surface area contributed by atoms with Crippen LogP contribution < -0.4 is 17.2 Å². The van der Waals surface area contributed by atoms with Gasteiger partial charge in [-0.25, -0.2) is 38.6 Å². The Hall–Kier alpha value is -12.7. The molecule has 0 spiro atoms. The number of carboxylic acid groups (broad SMARTS) is 1. The van der Waals surface area contributed by atoms with E-state index in [1.807, 2.05) is 6.07 Å². The predicted octanol–water partition coefficient (Wildman–Crippen LogP) is 5.18. The number of nitrogen functional groups attached to an aromatic ring is 3. The van der Waals surface area contributed by atoms with E-state index in [1.165, 1.54) is 61.0 Å². The summed E-state index contributed by atoms with van der Waals surface area (Å²) in [5, 5.41) is 48.6. The van der Waals surface area contributed by atoms with Crippen LogP contribution in [0.15, 0.2) is 161 Å². The number of ether oxygens (including phenoxy) is 2. The molecule has 1 aliphatic heterocycles. The molecule has 1 saturated heterocycles. The summed E-state index contributed by atoms with van der Waals surface area (Å²) in [7, 11) is 0. The lowest BCUT2D eigenvalue weighted by Gasteiger charge is -2.37. The highest BCUT2D eigenvalue weighted by molar-refractivity contribution is 5.96. The third kappa shape index (κ3) is 9.98. The van der Waals surface area contributed by atoms with Crippen LogP contribution in [-0.4, -0.2) is 156 Å². The number of anilines is 3. The van der Waals surface area contributed by atoms with E-state index >= 15 is 0 Å². The fourth-order valence-corrected chi connectivity index (χ4v) is 11.1. The van der Waals surface area contributed by atoms with Gasteiger partial charge in [-0.3, -0.25) is 19.7 Å². The number of hydrogen-bond donors (Lipinski definition) is 5. The molecule has 1 aliphatic rings. The molecule has 95 heavy (non-hydrogen) atoms. The Kier molecular flexibility index (Phi) is 14.6. The number of nitrogens with two attached hydrogens (primary N) is 3. The third-order valence-corrected chi connectivity index (χ3v) is 16.4. The second-order valence-corrected chi connectivity index (χ2v) is 22.3. The first kappa shape index (κ1) is 59.9. The molecular formula is C61H54N24O10. The highest BCUT2D eigenvalue weighted by Gasteiger charge is 2.45. The molecule has 8 N–H and O–H groups in total. The van der Waals surface area contributed by atoms with Gasteiger partial charge in [0.15, 0.2) is 68.0 Å². The molecule has 0 radical (unpaired) electrons. The Balaban J connectivity index is 0.000000123. The maximum absolute atomic E-state index is 13.8. The molecule has 0 saturated carbocycles. The topological polar surface area (TPSA) is 449 Å². The van der Waals surface area contributed by atoms with Crippen molar-refractivity contribution in [1.82, 2.24) is 103 Å². The predicted molar refractivity (Wildman–Crippen MR) is 334 cm³/mol. The number of Topliss-reactive ketones (excluding diaryl/α,β-unsaturated/α-hetero) is 1. The smallest absolute Gasteiger partial charge is 0.338 e. The lowest BCUT2D eigenvalue weighted by molar-refractivity contribution is -0.182. The highest BCUT2D eigenvalue weighted by atomic mass is 16.5. The second kappa shape index (κ2) is 23.2. The van der Waals surface area contributed by atoms with Gasteiger partial charge in [0.1, 0.15) is 11.1 Å². The minimum Gasteiger partial charge on any atom is -0.479 e. The van der Waals surface area contributed by atoms with E-state index in [2.05, 4.69) is 75.4 Å². The van der Waals surface area contributed by atoms with Crippen LogP contribution >= 0.6 is 0 Å². The molecule has 15 aromatic rings. The van der Waals surface area contributed by atoms with Gasteiger partial charge >= 0.3 is 11.9 Å². The Morgan fingerprint density at radius 2 is 0.905 bits per heavy atom. The van der Waals surface area contributed by atoms with Gasteiger partial charge in [0.25, 0.3) is 0 Å². The molecule has 16 heterocycles. The molecule has 0 amide bonds. The number of pyridine rings is 3. The fraction of sp³-hybridized carbons (Fsp3) is 0.213. The molecule has 15 aromatic heterocycles. The van der Waals surface area contributed by atoms with Crippen LogP contribution in [0, 0.1) is 0 Å². The van der Waals surface area contributed by atoms with Crippen LogP contribution in [0.2, 0.25) is 0 Å². The number of carbonyl (C=O) groups excluding carboxylic acids is 2. The average Bonchev–Trinajstić information content (AvgIpc) is 1.62. The van der Waals surface area contributed by atoms with E-state index < -0.39 is 34.2 Å².